The molecular formula is C28H43BrN6O7. The number of halogens is 1. The average Bonchev–Trinajstić information content (AvgIpc) is 2.94. The Labute approximate surface area is 254 Å². The SMILES string of the molecule is CC(=O)OCc1ccc(NC(=O)[C@H](CCCNC(N)=O)NC(=O)[C@@H](NC(=O)CCCCCNC(=O)CBr)C(C)C)cc1. The fraction of sp³-hybridized carbons (Fsp3) is 0.571. The van der Waals surface area contributed by atoms with Gasteiger partial charge >= 0.3 is 12.0 Å². The number of alkyl halides is 1. The first-order chi connectivity index (χ1) is 19.9. The standard InChI is InChI=1S/C28H43BrN6O7/c1-18(2)25(35-23(37)9-5-4-6-14-31-24(38)16-29)27(40)34-22(8-7-15-32-28(30)41)26(39)33-21-12-10-20(11-13-21)17-42-19(3)36/h10-13,18,22,25H,4-9,14-17H2,1-3H3,(H,31,38)(H,33,39)(H,34,40)(H,35,37)(H3,30,32,41)/t22-,25-/m0/s1. The lowest BCUT2D eigenvalue weighted by Crippen LogP contribution is -2.54. The van der Waals surface area contributed by atoms with Gasteiger partial charge in [-0.3, -0.25) is 24.0 Å². The number of amides is 6. The lowest BCUT2D eigenvalue weighted by molar-refractivity contribution is -0.142. The Morgan fingerprint density at radius 2 is 1.52 bits per heavy atom. The van der Waals surface area contributed by atoms with E-state index in [1.165, 1.54) is 6.92 Å². The Morgan fingerprint density at radius 3 is 2.12 bits per heavy atom. The minimum atomic E-state index is -0.958. The molecule has 234 valence electrons. The van der Waals surface area contributed by atoms with E-state index in [9.17, 15) is 28.8 Å². The number of carbonyl (C=O) groups is 6. The zero-order valence-electron chi connectivity index (χ0n) is 24.4. The predicted molar refractivity (Wildman–Crippen MR) is 161 cm³/mol. The van der Waals surface area contributed by atoms with Gasteiger partial charge in [0.25, 0.3) is 0 Å². The Kier molecular flexibility index (Phi) is 17.5. The molecule has 0 aliphatic heterocycles. The summed E-state index contributed by atoms with van der Waals surface area (Å²) in [6, 6.07) is 4.18. The summed E-state index contributed by atoms with van der Waals surface area (Å²) in [5.74, 6) is -2.01. The third-order valence-electron chi connectivity index (χ3n) is 6.06. The van der Waals surface area contributed by atoms with Crippen molar-refractivity contribution in [1.82, 2.24) is 21.3 Å². The van der Waals surface area contributed by atoms with Gasteiger partial charge in [-0.05, 0) is 49.3 Å². The van der Waals surface area contributed by atoms with Gasteiger partial charge in [0.05, 0.1) is 5.33 Å². The number of esters is 1. The number of nitrogens with one attached hydrogen (secondary N) is 5. The Hall–Kier alpha value is -3.68. The first kappa shape index (κ1) is 36.3. The van der Waals surface area contributed by atoms with E-state index in [4.69, 9.17) is 10.5 Å². The van der Waals surface area contributed by atoms with E-state index in [1.54, 1.807) is 38.1 Å². The van der Waals surface area contributed by atoms with Crippen molar-refractivity contribution in [1.29, 1.82) is 0 Å². The summed E-state index contributed by atoms with van der Waals surface area (Å²) in [4.78, 5) is 72.2. The van der Waals surface area contributed by atoms with Crippen molar-refractivity contribution in [2.24, 2.45) is 11.7 Å². The third-order valence-corrected chi connectivity index (χ3v) is 6.56. The van der Waals surface area contributed by atoms with E-state index < -0.39 is 35.9 Å². The summed E-state index contributed by atoms with van der Waals surface area (Å²) in [7, 11) is 0. The van der Waals surface area contributed by atoms with Crippen molar-refractivity contribution < 1.29 is 33.5 Å². The number of unbranched alkanes of at least 4 members (excludes halogenated alkanes) is 2. The van der Waals surface area contributed by atoms with E-state index in [0.717, 1.165) is 18.4 Å². The summed E-state index contributed by atoms with van der Waals surface area (Å²) >= 11 is 3.08. The van der Waals surface area contributed by atoms with E-state index >= 15 is 0 Å². The van der Waals surface area contributed by atoms with Crippen molar-refractivity contribution in [3.05, 3.63) is 29.8 Å². The fourth-order valence-electron chi connectivity index (χ4n) is 3.79. The molecule has 13 nitrogen and oxygen atoms in total. The molecule has 1 rings (SSSR count). The molecule has 2 atom stereocenters. The second-order valence-electron chi connectivity index (χ2n) is 10.0. The number of rotatable bonds is 19. The molecule has 0 unspecified atom stereocenters. The molecule has 0 spiro atoms. The summed E-state index contributed by atoms with van der Waals surface area (Å²) in [5.41, 5.74) is 6.32. The van der Waals surface area contributed by atoms with Crippen LogP contribution in [0.5, 0.6) is 0 Å². The average molecular weight is 656 g/mol. The second kappa shape index (κ2) is 20.2. The Morgan fingerprint density at radius 1 is 0.857 bits per heavy atom. The number of hydrogen-bond acceptors (Lipinski definition) is 7. The molecule has 0 aliphatic rings. The number of anilines is 1. The number of primary amides is 1. The van der Waals surface area contributed by atoms with Crippen LogP contribution >= 0.6 is 15.9 Å². The lowest BCUT2D eigenvalue weighted by atomic mass is 10.0. The molecule has 0 saturated carbocycles. The number of ether oxygens (including phenoxy) is 1. The van der Waals surface area contributed by atoms with Gasteiger partial charge in [-0.15, -0.1) is 0 Å². The van der Waals surface area contributed by atoms with Gasteiger partial charge in [0.15, 0.2) is 0 Å². The highest BCUT2D eigenvalue weighted by Crippen LogP contribution is 2.13. The fourth-order valence-corrected chi connectivity index (χ4v) is 3.99. The second-order valence-corrected chi connectivity index (χ2v) is 10.6. The predicted octanol–water partition coefficient (Wildman–Crippen LogP) is 1.83. The summed E-state index contributed by atoms with van der Waals surface area (Å²) in [6.07, 6.45) is 2.85. The topological polar surface area (TPSA) is 198 Å². The van der Waals surface area contributed by atoms with Crippen LogP contribution in [-0.4, -0.2) is 66.1 Å². The highest BCUT2D eigenvalue weighted by molar-refractivity contribution is 9.09. The van der Waals surface area contributed by atoms with Crippen LogP contribution in [0.4, 0.5) is 10.5 Å². The highest BCUT2D eigenvalue weighted by Gasteiger charge is 2.28. The molecule has 0 heterocycles. The van der Waals surface area contributed by atoms with Crippen LogP contribution < -0.4 is 32.3 Å². The number of nitrogens with two attached hydrogens (primary N) is 1. The van der Waals surface area contributed by atoms with Crippen LogP contribution in [0, 0.1) is 5.92 Å². The zero-order chi connectivity index (χ0) is 31.5. The van der Waals surface area contributed by atoms with Crippen molar-refractivity contribution in [2.45, 2.75) is 78.0 Å². The van der Waals surface area contributed by atoms with Crippen molar-refractivity contribution in [3.63, 3.8) is 0 Å². The normalized spacial score (nSPS) is 12.0. The third kappa shape index (κ3) is 15.9. The minimum absolute atomic E-state index is 0.0937. The van der Waals surface area contributed by atoms with Gasteiger partial charge < -0.3 is 37.1 Å². The smallest absolute Gasteiger partial charge is 0.312 e. The van der Waals surface area contributed by atoms with E-state index in [0.29, 0.717) is 25.1 Å². The molecule has 1 aromatic rings. The van der Waals surface area contributed by atoms with Crippen LogP contribution in [-0.2, 0) is 35.3 Å². The van der Waals surface area contributed by atoms with Gasteiger partial charge in [0, 0.05) is 32.1 Å². The monoisotopic (exact) mass is 654 g/mol. The van der Waals surface area contributed by atoms with Crippen molar-refractivity contribution >= 4 is 57.2 Å². The van der Waals surface area contributed by atoms with Gasteiger partial charge in [-0.1, -0.05) is 48.3 Å². The molecule has 42 heavy (non-hydrogen) atoms. The molecule has 1 aromatic carbocycles. The minimum Gasteiger partial charge on any atom is -0.461 e. The Bertz CT molecular complexity index is 1050. The lowest BCUT2D eigenvalue weighted by Gasteiger charge is -2.25. The van der Waals surface area contributed by atoms with Gasteiger partial charge in [-0.25, -0.2) is 4.79 Å². The van der Waals surface area contributed by atoms with Gasteiger partial charge in [-0.2, -0.15) is 0 Å². The highest BCUT2D eigenvalue weighted by atomic mass is 79.9. The summed E-state index contributed by atoms with van der Waals surface area (Å²) in [5, 5.41) is 13.7. The Balaban J connectivity index is 2.77. The molecule has 0 aromatic heterocycles. The molecule has 0 bridgehead atoms. The van der Waals surface area contributed by atoms with Crippen LogP contribution in [0.2, 0.25) is 0 Å². The molecule has 0 saturated heterocycles. The van der Waals surface area contributed by atoms with Crippen LogP contribution in [0.25, 0.3) is 0 Å². The van der Waals surface area contributed by atoms with Gasteiger partial charge in [0.2, 0.25) is 23.6 Å². The number of urea groups is 1. The molecular weight excluding hydrogens is 612 g/mol. The van der Waals surface area contributed by atoms with Gasteiger partial charge in [0.1, 0.15) is 18.7 Å². The maximum absolute atomic E-state index is 13.2. The molecule has 0 radical (unpaired) electrons. The van der Waals surface area contributed by atoms with E-state index in [1.807, 2.05) is 0 Å². The number of hydrogen-bond donors (Lipinski definition) is 6. The van der Waals surface area contributed by atoms with Crippen molar-refractivity contribution in [3.8, 4) is 0 Å². The molecule has 14 heteroatoms. The van der Waals surface area contributed by atoms with E-state index in [-0.39, 0.29) is 49.1 Å². The zero-order valence-corrected chi connectivity index (χ0v) is 26.0. The summed E-state index contributed by atoms with van der Waals surface area (Å²) in [6.45, 7) is 5.74. The maximum atomic E-state index is 13.2. The molecule has 6 amide bonds. The van der Waals surface area contributed by atoms with E-state index in [2.05, 4.69) is 42.5 Å². The number of benzene rings is 1. The van der Waals surface area contributed by atoms with Crippen LogP contribution in [0.15, 0.2) is 24.3 Å². The molecule has 0 aliphatic carbocycles. The molecule has 7 N–H and O–H groups in total. The summed E-state index contributed by atoms with van der Waals surface area (Å²) < 4.78 is 4.96. The molecule has 0 fully saturated rings. The largest absolute Gasteiger partial charge is 0.461 e. The van der Waals surface area contributed by atoms with Crippen molar-refractivity contribution in [2.75, 3.05) is 23.7 Å². The van der Waals surface area contributed by atoms with Crippen LogP contribution in [0.1, 0.15) is 64.9 Å². The van der Waals surface area contributed by atoms with Crippen LogP contribution in [0.3, 0.4) is 0 Å². The quantitative estimate of drug-likeness (QED) is 0.0742. The maximum Gasteiger partial charge on any atom is 0.312 e. The first-order valence-corrected chi connectivity index (χ1v) is 15.0. The first-order valence-electron chi connectivity index (χ1n) is 13.9. The number of carbonyl (C=O) groups excluding carboxylic acids is 6.